The van der Waals surface area contributed by atoms with Crippen molar-refractivity contribution < 1.29 is 9.90 Å². The Morgan fingerprint density at radius 1 is 1.79 bits per heavy atom. The Morgan fingerprint density at radius 2 is 2.50 bits per heavy atom. The van der Waals surface area contributed by atoms with Gasteiger partial charge in [0, 0.05) is 5.38 Å². The van der Waals surface area contributed by atoms with E-state index < -0.39 is 5.97 Å². The fourth-order valence-electron chi connectivity index (χ4n) is 1.37. The standard InChI is InChI=1S/C9H12N2O2S/c10-8(5-1-2-5)9-11-6(4-14-9)3-7(12)13/h4-5,8H,1-3,10H2,(H,12,13). The molecule has 4 nitrogen and oxygen atoms in total. The second-order valence-electron chi connectivity index (χ2n) is 3.61. The summed E-state index contributed by atoms with van der Waals surface area (Å²) in [6.45, 7) is 0. The van der Waals surface area contributed by atoms with Crippen LogP contribution in [0.5, 0.6) is 0 Å². The van der Waals surface area contributed by atoms with Crippen molar-refractivity contribution in [1.29, 1.82) is 0 Å². The molecule has 1 aliphatic carbocycles. The van der Waals surface area contributed by atoms with Gasteiger partial charge in [0.2, 0.25) is 0 Å². The summed E-state index contributed by atoms with van der Waals surface area (Å²) in [6, 6.07) is 0.0162. The van der Waals surface area contributed by atoms with E-state index in [4.69, 9.17) is 10.8 Å². The number of carboxylic acids is 1. The molecule has 76 valence electrons. The van der Waals surface area contributed by atoms with E-state index in [0.29, 0.717) is 11.6 Å². The van der Waals surface area contributed by atoms with Crippen LogP contribution in [0.1, 0.15) is 29.6 Å². The van der Waals surface area contributed by atoms with Crippen LogP contribution >= 0.6 is 11.3 Å². The maximum absolute atomic E-state index is 10.4. The largest absolute Gasteiger partial charge is 0.481 e. The first-order valence-electron chi connectivity index (χ1n) is 4.58. The molecule has 1 aromatic heterocycles. The molecular formula is C9H12N2O2S. The van der Waals surface area contributed by atoms with Crippen molar-refractivity contribution in [3.8, 4) is 0 Å². The number of aliphatic carboxylic acids is 1. The van der Waals surface area contributed by atoms with Gasteiger partial charge >= 0.3 is 5.97 Å². The lowest BCUT2D eigenvalue weighted by Gasteiger charge is -2.04. The first-order chi connectivity index (χ1) is 6.66. The molecule has 5 heteroatoms. The van der Waals surface area contributed by atoms with E-state index in [1.54, 1.807) is 5.38 Å². The van der Waals surface area contributed by atoms with E-state index in [1.807, 2.05) is 0 Å². The van der Waals surface area contributed by atoms with E-state index >= 15 is 0 Å². The Labute approximate surface area is 85.8 Å². The number of carboxylic acid groups (broad SMARTS) is 1. The third-order valence-electron chi connectivity index (χ3n) is 2.32. The second-order valence-corrected chi connectivity index (χ2v) is 4.50. The van der Waals surface area contributed by atoms with Crippen molar-refractivity contribution in [3.63, 3.8) is 0 Å². The van der Waals surface area contributed by atoms with E-state index in [0.717, 1.165) is 5.01 Å². The van der Waals surface area contributed by atoms with Gasteiger partial charge < -0.3 is 10.8 Å². The zero-order chi connectivity index (χ0) is 10.1. The average Bonchev–Trinajstić information content (AvgIpc) is 2.86. The minimum absolute atomic E-state index is 0.00606. The zero-order valence-electron chi connectivity index (χ0n) is 7.64. The van der Waals surface area contributed by atoms with Gasteiger partial charge in [0.15, 0.2) is 0 Å². The van der Waals surface area contributed by atoms with Gasteiger partial charge in [-0.3, -0.25) is 4.79 Å². The molecule has 14 heavy (non-hydrogen) atoms. The van der Waals surface area contributed by atoms with Gasteiger partial charge in [0.25, 0.3) is 0 Å². The predicted molar refractivity (Wildman–Crippen MR) is 53.1 cm³/mol. The number of aromatic nitrogens is 1. The maximum atomic E-state index is 10.4. The lowest BCUT2D eigenvalue weighted by Crippen LogP contribution is -2.12. The molecule has 1 fully saturated rings. The minimum Gasteiger partial charge on any atom is -0.481 e. The SMILES string of the molecule is NC(c1nc(CC(=O)O)cs1)C1CC1. The predicted octanol–water partition coefficient (Wildman–Crippen LogP) is 1.18. The van der Waals surface area contributed by atoms with Gasteiger partial charge in [-0.1, -0.05) is 0 Å². The summed E-state index contributed by atoms with van der Waals surface area (Å²) in [5.41, 5.74) is 6.56. The summed E-state index contributed by atoms with van der Waals surface area (Å²) in [6.07, 6.45) is 2.35. The van der Waals surface area contributed by atoms with Crippen LogP contribution in [0.2, 0.25) is 0 Å². The Balaban J connectivity index is 2.04. The third-order valence-corrected chi connectivity index (χ3v) is 3.31. The number of rotatable bonds is 4. The molecule has 1 unspecified atom stereocenters. The number of hydrogen-bond acceptors (Lipinski definition) is 4. The van der Waals surface area contributed by atoms with Crippen LogP contribution in [0.3, 0.4) is 0 Å². The van der Waals surface area contributed by atoms with Crippen LogP contribution in [0.25, 0.3) is 0 Å². The molecule has 0 amide bonds. The minimum atomic E-state index is -0.846. The molecule has 3 N–H and O–H groups in total. The van der Waals surface area contributed by atoms with Gasteiger partial charge in [-0.25, -0.2) is 4.98 Å². The Morgan fingerprint density at radius 3 is 3.07 bits per heavy atom. The first-order valence-corrected chi connectivity index (χ1v) is 5.46. The van der Waals surface area contributed by atoms with Crippen molar-refractivity contribution in [1.82, 2.24) is 4.98 Å². The molecule has 0 saturated heterocycles. The van der Waals surface area contributed by atoms with Gasteiger partial charge in [-0.05, 0) is 18.8 Å². The topological polar surface area (TPSA) is 76.2 Å². The van der Waals surface area contributed by atoms with Crippen LogP contribution in [-0.2, 0) is 11.2 Å². The molecule has 1 atom stereocenters. The Hall–Kier alpha value is -0.940. The number of hydrogen-bond donors (Lipinski definition) is 2. The van der Waals surface area contributed by atoms with E-state index in [-0.39, 0.29) is 12.5 Å². The smallest absolute Gasteiger partial charge is 0.309 e. The second kappa shape index (κ2) is 3.67. The highest BCUT2D eigenvalue weighted by Crippen LogP contribution is 2.40. The molecule has 0 aliphatic heterocycles. The number of carbonyl (C=O) groups is 1. The molecular weight excluding hydrogens is 200 g/mol. The lowest BCUT2D eigenvalue weighted by atomic mass is 10.2. The van der Waals surface area contributed by atoms with Crippen molar-refractivity contribution in [2.24, 2.45) is 11.7 Å². The molecule has 2 rings (SSSR count). The molecule has 0 bridgehead atoms. The van der Waals surface area contributed by atoms with E-state index in [2.05, 4.69) is 4.98 Å². The van der Waals surface area contributed by atoms with Crippen LogP contribution in [-0.4, -0.2) is 16.1 Å². The van der Waals surface area contributed by atoms with Crippen LogP contribution in [0.15, 0.2) is 5.38 Å². The van der Waals surface area contributed by atoms with Crippen molar-refractivity contribution in [2.45, 2.75) is 25.3 Å². The highest BCUT2D eigenvalue weighted by atomic mass is 32.1. The molecule has 1 heterocycles. The molecule has 1 aliphatic rings. The Kier molecular flexibility index (Phi) is 2.52. The van der Waals surface area contributed by atoms with Crippen molar-refractivity contribution in [3.05, 3.63) is 16.1 Å². The summed E-state index contributed by atoms with van der Waals surface area (Å²) < 4.78 is 0. The number of nitrogens with zero attached hydrogens (tertiary/aromatic N) is 1. The molecule has 0 spiro atoms. The van der Waals surface area contributed by atoms with Gasteiger partial charge in [0.05, 0.1) is 18.2 Å². The third kappa shape index (κ3) is 2.10. The Bertz CT molecular complexity index is 346. The van der Waals surface area contributed by atoms with Crippen molar-refractivity contribution >= 4 is 17.3 Å². The highest BCUT2D eigenvalue weighted by Gasteiger charge is 2.31. The first kappa shape index (κ1) is 9.61. The van der Waals surface area contributed by atoms with Gasteiger partial charge in [-0.15, -0.1) is 11.3 Å². The van der Waals surface area contributed by atoms with Gasteiger partial charge in [0.1, 0.15) is 5.01 Å². The molecule has 1 saturated carbocycles. The summed E-state index contributed by atoms with van der Waals surface area (Å²) in [7, 11) is 0. The molecule has 0 aromatic carbocycles. The fraction of sp³-hybridized carbons (Fsp3) is 0.556. The molecule has 1 aromatic rings. The van der Waals surface area contributed by atoms with Crippen LogP contribution in [0, 0.1) is 5.92 Å². The summed E-state index contributed by atoms with van der Waals surface area (Å²) in [5.74, 6) is -0.277. The van der Waals surface area contributed by atoms with Crippen LogP contribution in [0.4, 0.5) is 0 Å². The average molecular weight is 212 g/mol. The molecule has 0 radical (unpaired) electrons. The normalized spacial score (nSPS) is 18.1. The number of thiazole rings is 1. The van der Waals surface area contributed by atoms with Crippen LogP contribution < -0.4 is 5.73 Å². The summed E-state index contributed by atoms with van der Waals surface area (Å²) in [4.78, 5) is 14.7. The summed E-state index contributed by atoms with van der Waals surface area (Å²) in [5, 5.41) is 11.2. The van der Waals surface area contributed by atoms with E-state index in [1.165, 1.54) is 24.2 Å². The summed E-state index contributed by atoms with van der Waals surface area (Å²) >= 11 is 1.47. The maximum Gasteiger partial charge on any atom is 0.309 e. The van der Waals surface area contributed by atoms with E-state index in [9.17, 15) is 4.79 Å². The number of nitrogens with two attached hydrogens (primary N) is 1. The lowest BCUT2D eigenvalue weighted by molar-refractivity contribution is -0.136. The quantitative estimate of drug-likeness (QED) is 0.785. The zero-order valence-corrected chi connectivity index (χ0v) is 8.46. The highest BCUT2D eigenvalue weighted by molar-refractivity contribution is 7.09. The monoisotopic (exact) mass is 212 g/mol. The fourth-order valence-corrected chi connectivity index (χ4v) is 2.28. The van der Waals surface area contributed by atoms with Crippen molar-refractivity contribution in [2.75, 3.05) is 0 Å². The van der Waals surface area contributed by atoms with Gasteiger partial charge in [-0.2, -0.15) is 0 Å².